The molecule has 0 atom stereocenters. The summed E-state index contributed by atoms with van der Waals surface area (Å²) in [6, 6.07) is 2.75. The molecule has 1 rings (SSSR count). The molecule has 0 aliphatic carbocycles. The van der Waals surface area contributed by atoms with Crippen LogP contribution in [0.1, 0.15) is 12.5 Å². The maximum Gasteiger partial charge on any atom is 0.378 e. The first kappa shape index (κ1) is 16.3. The SMILES string of the molecule is CCOc1cc(Cl)c(Cl)cc1/C(O)=C/C(=O)C(=O)OC. The van der Waals surface area contributed by atoms with Crippen molar-refractivity contribution in [3.8, 4) is 5.75 Å². The lowest BCUT2D eigenvalue weighted by atomic mass is 10.1. The van der Waals surface area contributed by atoms with Crippen LogP contribution in [0.4, 0.5) is 0 Å². The lowest BCUT2D eigenvalue weighted by molar-refractivity contribution is -0.149. The van der Waals surface area contributed by atoms with Crippen molar-refractivity contribution in [2.45, 2.75) is 6.92 Å². The molecule has 1 aromatic rings. The van der Waals surface area contributed by atoms with Crippen LogP contribution in [0, 0.1) is 0 Å². The van der Waals surface area contributed by atoms with E-state index in [2.05, 4.69) is 4.74 Å². The number of hydrogen-bond acceptors (Lipinski definition) is 5. The van der Waals surface area contributed by atoms with Gasteiger partial charge >= 0.3 is 5.97 Å². The molecular weight excluding hydrogens is 307 g/mol. The molecule has 108 valence electrons. The zero-order valence-electron chi connectivity index (χ0n) is 10.8. The van der Waals surface area contributed by atoms with Crippen LogP contribution in [0.15, 0.2) is 18.2 Å². The van der Waals surface area contributed by atoms with E-state index >= 15 is 0 Å². The normalized spacial score (nSPS) is 11.1. The van der Waals surface area contributed by atoms with E-state index in [0.717, 1.165) is 13.2 Å². The first-order valence-corrected chi connectivity index (χ1v) is 6.31. The van der Waals surface area contributed by atoms with Gasteiger partial charge in [-0.25, -0.2) is 4.79 Å². The third-order valence-corrected chi connectivity index (χ3v) is 2.97. The maximum absolute atomic E-state index is 11.4. The van der Waals surface area contributed by atoms with E-state index in [4.69, 9.17) is 27.9 Å². The number of aliphatic hydroxyl groups is 1. The number of aliphatic hydroxyl groups excluding tert-OH is 1. The highest BCUT2D eigenvalue weighted by molar-refractivity contribution is 6.42. The largest absolute Gasteiger partial charge is 0.507 e. The summed E-state index contributed by atoms with van der Waals surface area (Å²) in [5, 5.41) is 10.3. The summed E-state index contributed by atoms with van der Waals surface area (Å²) in [5.74, 6) is -2.32. The number of esters is 1. The Bertz CT molecular complexity index is 566. The molecule has 5 nitrogen and oxygen atoms in total. The van der Waals surface area contributed by atoms with E-state index in [9.17, 15) is 14.7 Å². The van der Waals surface area contributed by atoms with Gasteiger partial charge < -0.3 is 14.6 Å². The second kappa shape index (κ2) is 7.17. The number of ether oxygens (including phenoxy) is 2. The van der Waals surface area contributed by atoms with Gasteiger partial charge in [0.2, 0.25) is 0 Å². The topological polar surface area (TPSA) is 72.8 Å². The third kappa shape index (κ3) is 3.88. The number of rotatable bonds is 5. The van der Waals surface area contributed by atoms with Gasteiger partial charge in [0.05, 0.1) is 29.3 Å². The van der Waals surface area contributed by atoms with Gasteiger partial charge in [-0.05, 0) is 13.0 Å². The zero-order valence-corrected chi connectivity index (χ0v) is 12.3. The fraction of sp³-hybridized carbons (Fsp3) is 0.231. The van der Waals surface area contributed by atoms with Crippen LogP contribution in [0.25, 0.3) is 5.76 Å². The second-order valence-corrected chi connectivity index (χ2v) is 4.40. The molecule has 0 spiro atoms. The van der Waals surface area contributed by atoms with E-state index in [1.54, 1.807) is 6.92 Å². The summed E-state index contributed by atoms with van der Waals surface area (Å²) < 4.78 is 9.54. The van der Waals surface area contributed by atoms with E-state index in [0.29, 0.717) is 6.61 Å². The molecule has 0 saturated carbocycles. The molecule has 0 saturated heterocycles. The van der Waals surface area contributed by atoms with Crippen molar-refractivity contribution in [3.63, 3.8) is 0 Å². The molecule has 0 unspecified atom stereocenters. The van der Waals surface area contributed by atoms with Crippen LogP contribution in [0.5, 0.6) is 5.75 Å². The van der Waals surface area contributed by atoms with Gasteiger partial charge in [0, 0.05) is 12.1 Å². The number of benzene rings is 1. The molecule has 1 aromatic carbocycles. The van der Waals surface area contributed by atoms with Crippen LogP contribution in [-0.2, 0) is 14.3 Å². The molecule has 7 heteroatoms. The Kier molecular flexibility index (Phi) is 5.85. The maximum atomic E-state index is 11.4. The van der Waals surface area contributed by atoms with Crippen LogP contribution in [0.3, 0.4) is 0 Å². The molecule has 0 heterocycles. The van der Waals surface area contributed by atoms with Crippen molar-refractivity contribution in [2.75, 3.05) is 13.7 Å². The molecule has 20 heavy (non-hydrogen) atoms. The van der Waals surface area contributed by atoms with Crippen LogP contribution in [0.2, 0.25) is 10.0 Å². The Hall–Kier alpha value is -1.72. The van der Waals surface area contributed by atoms with Crippen molar-refractivity contribution in [1.82, 2.24) is 0 Å². The number of carbonyl (C=O) groups is 2. The molecule has 0 amide bonds. The van der Waals surface area contributed by atoms with Crippen LogP contribution < -0.4 is 4.74 Å². The summed E-state index contributed by atoms with van der Waals surface area (Å²) >= 11 is 11.7. The van der Waals surface area contributed by atoms with E-state index in [1.165, 1.54) is 12.1 Å². The van der Waals surface area contributed by atoms with Crippen molar-refractivity contribution >= 4 is 40.7 Å². The minimum absolute atomic E-state index is 0.151. The monoisotopic (exact) mass is 318 g/mol. The minimum Gasteiger partial charge on any atom is -0.507 e. The zero-order chi connectivity index (χ0) is 15.3. The highest BCUT2D eigenvalue weighted by atomic mass is 35.5. The smallest absolute Gasteiger partial charge is 0.378 e. The quantitative estimate of drug-likeness (QED) is 0.391. The molecule has 0 fully saturated rings. The van der Waals surface area contributed by atoms with Crippen LogP contribution in [-0.4, -0.2) is 30.6 Å². The Morgan fingerprint density at radius 2 is 1.90 bits per heavy atom. The number of ketones is 1. The van der Waals surface area contributed by atoms with Crippen molar-refractivity contribution in [1.29, 1.82) is 0 Å². The average molecular weight is 319 g/mol. The number of hydrogen-bond donors (Lipinski definition) is 1. The van der Waals surface area contributed by atoms with Gasteiger partial charge in [-0.15, -0.1) is 0 Å². The lowest BCUT2D eigenvalue weighted by Gasteiger charge is -2.11. The van der Waals surface area contributed by atoms with E-state index < -0.39 is 17.5 Å². The molecule has 0 aromatic heterocycles. The third-order valence-electron chi connectivity index (χ3n) is 2.25. The predicted molar refractivity (Wildman–Crippen MR) is 75.3 cm³/mol. The number of carbonyl (C=O) groups excluding carboxylic acids is 2. The van der Waals surface area contributed by atoms with Gasteiger partial charge in [-0.3, -0.25) is 4.79 Å². The number of methoxy groups -OCH3 is 1. The first-order chi connectivity index (χ1) is 9.40. The molecule has 0 radical (unpaired) electrons. The summed E-state index contributed by atoms with van der Waals surface area (Å²) in [6.45, 7) is 2.07. The van der Waals surface area contributed by atoms with E-state index in [1.807, 2.05) is 0 Å². The van der Waals surface area contributed by atoms with Crippen LogP contribution >= 0.6 is 23.2 Å². The van der Waals surface area contributed by atoms with E-state index in [-0.39, 0.29) is 21.4 Å². The predicted octanol–water partition coefficient (Wildman–Crippen LogP) is 3.03. The highest BCUT2D eigenvalue weighted by Crippen LogP contribution is 2.33. The first-order valence-electron chi connectivity index (χ1n) is 5.55. The Morgan fingerprint density at radius 3 is 2.45 bits per heavy atom. The standard InChI is InChI=1S/C13H12Cl2O5/c1-3-20-12-5-9(15)8(14)4-7(12)10(16)6-11(17)13(18)19-2/h4-6,16H,3H2,1-2H3/b10-6-. The fourth-order valence-corrected chi connectivity index (χ4v) is 1.68. The summed E-state index contributed by atoms with van der Waals surface area (Å²) in [4.78, 5) is 22.4. The summed E-state index contributed by atoms with van der Waals surface area (Å²) in [5.41, 5.74) is 0.151. The highest BCUT2D eigenvalue weighted by Gasteiger charge is 2.17. The summed E-state index contributed by atoms with van der Waals surface area (Å²) in [6.07, 6.45) is 0.730. The Balaban J connectivity index is 3.23. The van der Waals surface area contributed by atoms with Gasteiger partial charge in [0.15, 0.2) is 0 Å². The Morgan fingerprint density at radius 1 is 1.30 bits per heavy atom. The second-order valence-electron chi connectivity index (χ2n) is 3.58. The van der Waals surface area contributed by atoms with Crippen molar-refractivity contribution < 1.29 is 24.2 Å². The van der Waals surface area contributed by atoms with Crippen molar-refractivity contribution in [3.05, 3.63) is 33.8 Å². The van der Waals surface area contributed by atoms with Gasteiger partial charge in [0.1, 0.15) is 11.5 Å². The van der Waals surface area contributed by atoms with Gasteiger partial charge in [0.25, 0.3) is 5.78 Å². The fourth-order valence-electron chi connectivity index (χ4n) is 1.37. The minimum atomic E-state index is -1.09. The van der Waals surface area contributed by atoms with Gasteiger partial charge in [-0.1, -0.05) is 23.2 Å². The number of halogens is 2. The molecule has 0 aliphatic heterocycles. The molecule has 0 bridgehead atoms. The average Bonchev–Trinajstić information content (AvgIpc) is 2.41. The van der Waals surface area contributed by atoms with Crippen molar-refractivity contribution in [2.24, 2.45) is 0 Å². The molecule has 0 aliphatic rings. The lowest BCUT2D eigenvalue weighted by Crippen LogP contribution is -2.13. The molecular formula is C13H12Cl2O5. The summed E-state index contributed by atoms with van der Waals surface area (Å²) in [7, 11) is 1.07. The molecule has 1 N–H and O–H groups in total. The van der Waals surface area contributed by atoms with Gasteiger partial charge in [-0.2, -0.15) is 0 Å². The Labute approximate surface area is 125 Å².